The summed E-state index contributed by atoms with van der Waals surface area (Å²) >= 11 is 0. The van der Waals surface area contributed by atoms with Crippen LogP contribution >= 0.6 is 0 Å². The second-order valence-corrected chi connectivity index (χ2v) is 9.00. The summed E-state index contributed by atoms with van der Waals surface area (Å²) in [5.41, 5.74) is 4.37. The average Bonchev–Trinajstić information content (AvgIpc) is 3.52. The molecule has 1 amide bonds. The highest BCUT2D eigenvalue weighted by Gasteiger charge is 2.57. The maximum atomic E-state index is 14.1. The molecule has 0 bridgehead atoms. The van der Waals surface area contributed by atoms with Crippen molar-refractivity contribution in [2.45, 2.75) is 38.1 Å². The third-order valence-electron chi connectivity index (χ3n) is 6.99. The third-order valence-corrected chi connectivity index (χ3v) is 6.99. The molecule has 3 aliphatic rings. The summed E-state index contributed by atoms with van der Waals surface area (Å²) < 4.78 is 17.6. The summed E-state index contributed by atoms with van der Waals surface area (Å²) in [6.07, 6.45) is 3.02. The fraction of sp³-hybridized carbons (Fsp3) is 0.321. The molecule has 6 rings (SSSR count). The molecule has 1 spiro atoms. The van der Waals surface area contributed by atoms with Crippen molar-refractivity contribution in [2.24, 2.45) is 0 Å². The zero-order valence-corrected chi connectivity index (χ0v) is 18.8. The van der Waals surface area contributed by atoms with E-state index in [0.717, 1.165) is 71.1 Å². The standard InChI is InChI=1S/C28H27NO4/c1-2-3-13-31-21-10-8-19(9-11-21)17-29-24-7-5-4-6-22(24)28(27(29)30)18-33-26-16-25-20(12-14-32-25)15-23(26)28/h4-11,15-16H,2-3,12-14,17-18H2,1H3. The number of carbonyl (C=O) groups is 1. The molecule has 0 radical (unpaired) electrons. The molecule has 5 nitrogen and oxygen atoms in total. The topological polar surface area (TPSA) is 48.0 Å². The summed E-state index contributed by atoms with van der Waals surface area (Å²) in [6.45, 7) is 4.39. The van der Waals surface area contributed by atoms with Gasteiger partial charge in [-0.25, -0.2) is 0 Å². The number of hydrogen-bond acceptors (Lipinski definition) is 4. The van der Waals surface area contributed by atoms with Crippen molar-refractivity contribution in [3.8, 4) is 17.2 Å². The lowest BCUT2D eigenvalue weighted by atomic mass is 9.76. The molecular formula is C28H27NO4. The molecular weight excluding hydrogens is 414 g/mol. The van der Waals surface area contributed by atoms with E-state index in [2.05, 4.69) is 19.1 Å². The molecule has 0 fully saturated rings. The second kappa shape index (κ2) is 7.84. The van der Waals surface area contributed by atoms with E-state index in [1.54, 1.807) is 0 Å². The Morgan fingerprint density at radius 2 is 1.85 bits per heavy atom. The van der Waals surface area contributed by atoms with Crippen molar-refractivity contribution in [1.29, 1.82) is 0 Å². The number of carbonyl (C=O) groups excluding carboxylic acids is 1. The van der Waals surface area contributed by atoms with Gasteiger partial charge in [0.1, 0.15) is 29.3 Å². The number of para-hydroxylation sites is 1. The minimum absolute atomic E-state index is 0.0737. The van der Waals surface area contributed by atoms with Gasteiger partial charge in [-0.2, -0.15) is 0 Å². The normalized spacial score (nSPS) is 19.8. The molecule has 0 saturated heterocycles. The van der Waals surface area contributed by atoms with E-state index in [9.17, 15) is 4.79 Å². The molecule has 0 aliphatic carbocycles. The summed E-state index contributed by atoms with van der Waals surface area (Å²) in [5, 5.41) is 0. The third kappa shape index (κ3) is 3.10. The predicted octanol–water partition coefficient (Wildman–Crippen LogP) is 5.03. The highest BCUT2D eigenvalue weighted by atomic mass is 16.5. The van der Waals surface area contributed by atoms with E-state index in [-0.39, 0.29) is 5.91 Å². The number of hydrogen-bond donors (Lipinski definition) is 0. The summed E-state index contributed by atoms with van der Waals surface area (Å²) in [5.74, 6) is 2.58. The molecule has 33 heavy (non-hydrogen) atoms. The first-order valence-corrected chi connectivity index (χ1v) is 11.8. The Hall–Kier alpha value is -3.47. The molecule has 0 aromatic heterocycles. The van der Waals surface area contributed by atoms with Crippen molar-refractivity contribution >= 4 is 11.6 Å². The molecule has 5 heteroatoms. The first-order valence-electron chi connectivity index (χ1n) is 11.8. The molecule has 1 unspecified atom stereocenters. The Morgan fingerprint density at radius 1 is 1.00 bits per heavy atom. The molecule has 3 heterocycles. The zero-order valence-electron chi connectivity index (χ0n) is 18.8. The van der Waals surface area contributed by atoms with Gasteiger partial charge in [0.15, 0.2) is 0 Å². The largest absolute Gasteiger partial charge is 0.494 e. The molecule has 0 saturated carbocycles. The van der Waals surface area contributed by atoms with Crippen molar-refractivity contribution < 1.29 is 19.0 Å². The number of rotatable bonds is 6. The van der Waals surface area contributed by atoms with Crippen molar-refractivity contribution in [2.75, 3.05) is 24.7 Å². The SMILES string of the molecule is CCCCOc1ccc(CN2C(=O)C3(COc4cc5c(cc43)CCO5)c3ccccc32)cc1. The monoisotopic (exact) mass is 441 g/mol. The van der Waals surface area contributed by atoms with Crippen molar-refractivity contribution in [3.05, 3.63) is 82.9 Å². The van der Waals surface area contributed by atoms with Gasteiger partial charge in [-0.15, -0.1) is 0 Å². The van der Waals surface area contributed by atoms with Crippen LogP contribution in [0.5, 0.6) is 17.2 Å². The lowest BCUT2D eigenvalue weighted by Gasteiger charge is -2.23. The van der Waals surface area contributed by atoms with Crippen molar-refractivity contribution in [3.63, 3.8) is 0 Å². The molecule has 0 N–H and O–H groups in total. The van der Waals surface area contributed by atoms with Crippen LogP contribution in [0, 0.1) is 0 Å². The Labute approximate surface area is 193 Å². The quantitative estimate of drug-likeness (QED) is 0.504. The average molecular weight is 442 g/mol. The molecule has 3 aliphatic heterocycles. The van der Waals surface area contributed by atoms with Gasteiger partial charge in [0.05, 0.1) is 19.8 Å². The molecule has 3 aromatic carbocycles. The molecule has 1 atom stereocenters. The van der Waals surface area contributed by atoms with Crippen LogP contribution in [-0.2, 0) is 23.2 Å². The number of anilines is 1. The van der Waals surface area contributed by atoms with Crippen LogP contribution < -0.4 is 19.1 Å². The fourth-order valence-corrected chi connectivity index (χ4v) is 5.21. The fourth-order valence-electron chi connectivity index (χ4n) is 5.21. The van der Waals surface area contributed by atoms with Gasteiger partial charge < -0.3 is 19.1 Å². The maximum Gasteiger partial charge on any atom is 0.246 e. The van der Waals surface area contributed by atoms with E-state index in [4.69, 9.17) is 14.2 Å². The lowest BCUT2D eigenvalue weighted by Crippen LogP contribution is -2.42. The Balaban J connectivity index is 1.34. The van der Waals surface area contributed by atoms with E-state index in [1.165, 1.54) is 0 Å². The van der Waals surface area contributed by atoms with Gasteiger partial charge in [0.2, 0.25) is 5.91 Å². The highest BCUT2D eigenvalue weighted by molar-refractivity contribution is 6.11. The first-order chi connectivity index (χ1) is 16.2. The number of unbranched alkanes of at least 4 members (excludes halogenated alkanes) is 1. The van der Waals surface area contributed by atoms with E-state index >= 15 is 0 Å². The second-order valence-electron chi connectivity index (χ2n) is 9.00. The summed E-state index contributed by atoms with van der Waals surface area (Å²) in [7, 11) is 0. The van der Waals surface area contributed by atoms with Gasteiger partial charge in [-0.1, -0.05) is 43.7 Å². The first kappa shape index (κ1) is 20.2. The minimum atomic E-state index is -0.799. The highest BCUT2D eigenvalue weighted by Crippen LogP contribution is 2.54. The van der Waals surface area contributed by atoms with Gasteiger partial charge >= 0.3 is 0 Å². The summed E-state index contributed by atoms with van der Waals surface area (Å²) in [6, 6.07) is 20.3. The molecule has 168 valence electrons. The van der Waals surface area contributed by atoms with Gasteiger partial charge in [0, 0.05) is 23.7 Å². The van der Waals surface area contributed by atoms with Crippen LogP contribution in [0.2, 0.25) is 0 Å². The maximum absolute atomic E-state index is 14.1. The van der Waals surface area contributed by atoms with Gasteiger partial charge in [-0.05, 0) is 47.4 Å². The van der Waals surface area contributed by atoms with Crippen LogP contribution in [0.4, 0.5) is 5.69 Å². The van der Waals surface area contributed by atoms with Crippen LogP contribution in [0.15, 0.2) is 60.7 Å². The predicted molar refractivity (Wildman–Crippen MR) is 126 cm³/mol. The van der Waals surface area contributed by atoms with Crippen LogP contribution in [-0.4, -0.2) is 25.7 Å². The number of benzene rings is 3. The van der Waals surface area contributed by atoms with Crippen LogP contribution in [0.25, 0.3) is 0 Å². The van der Waals surface area contributed by atoms with Crippen LogP contribution in [0.3, 0.4) is 0 Å². The Kier molecular flexibility index (Phi) is 4.79. The van der Waals surface area contributed by atoms with Crippen molar-refractivity contribution in [1.82, 2.24) is 0 Å². The van der Waals surface area contributed by atoms with E-state index in [1.807, 2.05) is 53.4 Å². The van der Waals surface area contributed by atoms with E-state index in [0.29, 0.717) is 19.8 Å². The number of ether oxygens (including phenoxy) is 3. The van der Waals surface area contributed by atoms with Gasteiger partial charge in [-0.3, -0.25) is 4.79 Å². The Morgan fingerprint density at radius 3 is 2.70 bits per heavy atom. The summed E-state index contributed by atoms with van der Waals surface area (Å²) in [4.78, 5) is 16.0. The van der Waals surface area contributed by atoms with Gasteiger partial charge in [0.25, 0.3) is 0 Å². The van der Waals surface area contributed by atoms with E-state index < -0.39 is 5.41 Å². The number of amides is 1. The lowest BCUT2D eigenvalue weighted by molar-refractivity contribution is -0.122. The number of fused-ring (bicyclic) bond motifs is 5. The molecule has 3 aromatic rings. The minimum Gasteiger partial charge on any atom is -0.494 e. The smallest absolute Gasteiger partial charge is 0.246 e. The Bertz CT molecular complexity index is 1220. The van der Waals surface area contributed by atoms with Crippen LogP contribution in [0.1, 0.15) is 42.0 Å². The number of nitrogens with zero attached hydrogens (tertiary/aromatic N) is 1. The zero-order chi connectivity index (χ0) is 22.4.